The van der Waals surface area contributed by atoms with Gasteiger partial charge in [0.15, 0.2) is 0 Å². The number of alkyl halides is 12. The molecule has 0 saturated heterocycles. The molecule has 466 valence electrons. The van der Waals surface area contributed by atoms with Crippen LogP contribution in [-0.4, -0.2) is 148 Å². The van der Waals surface area contributed by atoms with Gasteiger partial charge in [0.05, 0.1) is 48.2 Å². The Balaban J connectivity index is 0. The largest absolute Gasteiger partial charge is 0.462 e. The number of halogens is 12. The molecule has 0 heterocycles. The van der Waals surface area contributed by atoms with Crippen LogP contribution in [0.5, 0.6) is 0 Å². The first-order valence-electron chi connectivity index (χ1n) is 25.2. The van der Waals surface area contributed by atoms with Crippen molar-refractivity contribution in [3.05, 3.63) is 0 Å². The fourth-order valence-corrected chi connectivity index (χ4v) is 5.37. The van der Waals surface area contributed by atoms with Gasteiger partial charge in [0.1, 0.15) is 45.7 Å². The number of rotatable bonds is 30. The van der Waals surface area contributed by atoms with Crippen LogP contribution < -0.4 is 0 Å². The Morgan fingerprint density at radius 1 is 0.362 bits per heavy atom. The Hall–Kier alpha value is -5.61. The highest BCUT2D eigenvalue weighted by Gasteiger charge is 2.57. The Labute approximate surface area is 455 Å². The number of carbonyl (C=O) groups excluding carboxylic acids is 9. The Morgan fingerprint density at radius 2 is 0.600 bits per heavy atom. The third kappa shape index (κ3) is 27.7. The van der Waals surface area contributed by atoms with Crippen molar-refractivity contribution in [2.45, 2.75) is 201 Å². The van der Waals surface area contributed by atoms with Gasteiger partial charge in [-0.05, 0) is 107 Å². The maximum absolute atomic E-state index is 13.9. The maximum atomic E-state index is 13.9. The van der Waals surface area contributed by atoms with Gasteiger partial charge in [0.25, 0.3) is 0 Å². The number of ether oxygens (including phenoxy) is 9. The molecule has 0 atom stereocenters. The zero-order chi connectivity index (χ0) is 62.9. The van der Waals surface area contributed by atoms with Crippen molar-refractivity contribution < 1.29 is 138 Å². The Kier molecular flexibility index (Phi) is 31.3. The normalized spacial score (nSPS) is 13.9. The minimum Gasteiger partial charge on any atom is -0.462 e. The van der Waals surface area contributed by atoms with E-state index in [0.717, 1.165) is 6.42 Å². The van der Waals surface area contributed by atoms with Crippen LogP contribution >= 0.6 is 0 Å². The molecule has 80 heavy (non-hydrogen) atoms. The molecule has 0 radical (unpaired) electrons. The molecular weight excluding hydrogens is 1120 g/mol. The summed E-state index contributed by atoms with van der Waals surface area (Å²) in [5.74, 6) is -42.5. The molecule has 0 spiro atoms. The predicted octanol–water partition coefficient (Wildman–Crippen LogP) is 9.90. The number of carbonyl (C=O) groups is 9. The monoisotopic (exact) mass is 1190 g/mol. The molecule has 1 saturated carbocycles. The third-order valence-electron chi connectivity index (χ3n) is 11.5. The molecule has 0 bridgehead atoms. The van der Waals surface area contributed by atoms with E-state index < -0.39 is 183 Å². The van der Waals surface area contributed by atoms with Gasteiger partial charge in [-0.1, -0.05) is 27.2 Å². The fraction of sp³-hybridized carbons (Fsp3) is 0.820. The molecule has 0 N–H and O–H groups in total. The van der Waals surface area contributed by atoms with Crippen LogP contribution in [0.15, 0.2) is 0 Å². The lowest BCUT2D eigenvalue weighted by Gasteiger charge is -2.25. The lowest BCUT2D eigenvalue weighted by atomic mass is 9.91. The summed E-state index contributed by atoms with van der Waals surface area (Å²) in [7, 11) is 0. The number of hydrogen-bond donors (Lipinski definition) is 0. The highest BCUT2D eigenvalue weighted by Crippen LogP contribution is 2.36. The standard InChI is InChI=1S/C19H28F4O6.C16H24F4O6.C15H22F4O6/c1-4-17(2,3)14(24)27-10-11-28-15(25)18(20,21)12-19(22,23)16(26)29-13-8-6-5-7-9-13;1-6-14(4,5)11(21)24-7-8-25-12(22)15(17,18)9-16(19,20)13(23)26-10(2)3;1-5-13(3,4)10(20)24-7-8-25-12(22)15(18,19)9-14(16,17)11(21)23-6-2/h13H,4-12H2,1-3H3;10H,6-9H2,1-5H3;5-9H2,1-4H3. The molecule has 0 amide bonds. The van der Waals surface area contributed by atoms with Crippen molar-refractivity contribution in [3.8, 4) is 0 Å². The molecular formula is C50H74F12O18. The average Bonchev–Trinajstić information content (AvgIpc) is 3.34. The second-order valence-electron chi connectivity index (χ2n) is 20.1. The smallest absolute Gasteiger partial charge is 0.377 e. The van der Waals surface area contributed by atoms with Crippen molar-refractivity contribution in [2.75, 3.05) is 46.2 Å². The molecule has 1 aliphatic rings. The summed E-state index contributed by atoms with van der Waals surface area (Å²) in [6, 6.07) is 0. The quantitative estimate of drug-likeness (QED) is 0.0281. The van der Waals surface area contributed by atoms with Crippen LogP contribution in [-0.2, 0) is 85.8 Å². The van der Waals surface area contributed by atoms with E-state index in [0.29, 0.717) is 44.9 Å². The molecule has 0 aliphatic heterocycles. The second kappa shape index (κ2) is 32.7. The average molecular weight is 1190 g/mol. The summed E-state index contributed by atoms with van der Waals surface area (Å²) in [6.07, 6.45) is -4.30. The Bertz CT molecular complexity index is 2040. The first kappa shape index (κ1) is 76.5. The zero-order valence-corrected chi connectivity index (χ0v) is 46.8. The van der Waals surface area contributed by atoms with Crippen LogP contribution in [0.4, 0.5) is 52.7 Å². The lowest BCUT2D eigenvalue weighted by Crippen LogP contribution is -2.43. The highest BCUT2D eigenvalue weighted by atomic mass is 19.3. The summed E-state index contributed by atoms with van der Waals surface area (Å²) in [5, 5.41) is 0. The van der Waals surface area contributed by atoms with E-state index in [1.807, 2.05) is 0 Å². The van der Waals surface area contributed by atoms with E-state index in [9.17, 15) is 95.8 Å². The van der Waals surface area contributed by atoms with E-state index >= 15 is 0 Å². The number of esters is 9. The predicted molar refractivity (Wildman–Crippen MR) is 252 cm³/mol. The first-order chi connectivity index (χ1) is 36.3. The molecule has 0 aromatic heterocycles. The second-order valence-corrected chi connectivity index (χ2v) is 20.1. The molecule has 18 nitrogen and oxygen atoms in total. The lowest BCUT2D eigenvalue weighted by molar-refractivity contribution is -0.201. The van der Waals surface area contributed by atoms with Gasteiger partial charge in [0, 0.05) is 0 Å². The summed E-state index contributed by atoms with van der Waals surface area (Å²) >= 11 is 0. The molecule has 0 unspecified atom stereocenters. The summed E-state index contributed by atoms with van der Waals surface area (Å²) in [5.41, 5.74) is -2.39. The van der Waals surface area contributed by atoms with Crippen molar-refractivity contribution >= 4 is 53.7 Å². The van der Waals surface area contributed by atoms with E-state index in [-0.39, 0.29) is 0 Å². The van der Waals surface area contributed by atoms with Crippen LogP contribution in [0.2, 0.25) is 0 Å². The molecule has 1 aliphatic carbocycles. The van der Waals surface area contributed by atoms with Crippen LogP contribution in [0.25, 0.3) is 0 Å². The molecule has 0 aromatic carbocycles. The van der Waals surface area contributed by atoms with Gasteiger partial charge < -0.3 is 42.6 Å². The number of hydrogen-bond acceptors (Lipinski definition) is 18. The van der Waals surface area contributed by atoms with Gasteiger partial charge in [-0.15, -0.1) is 0 Å². The molecule has 1 rings (SSSR count). The third-order valence-corrected chi connectivity index (χ3v) is 11.5. The summed E-state index contributed by atoms with van der Waals surface area (Å²) in [4.78, 5) is 102. The van der Waals surface area contributed by atoms with Crippen molar-refractivity contribution in [2.24, 2.45) is 16.2 Å². The molecule has 1 fully saturated rings. The van der Waals surface area contributed by atoms with Crippen molar-refractivity contribution in [1.82, 2.24) is 0 Å². The van der Waals surface area contributed by atoms with Gasteiger partial charge in [0.2, 0.25) is 0 Å². The summed E-state index contributed by atoms with van der Waals surface area (Å²) in [6.45, 7) is 14.5. The van der Waals surface area contributed by atoms with Crippen LogP contribution in [0, 0.1) is 16.2 Å². The van der Waals surface area contributed by atoms with E-state index in [2.05, 4.69) is 28.4 Å². The minimum atomic E-state index is -4.62. The topological polar surface area (TPSA) is 237 Å². The van der Waals surface area contributed by atoms with E-state index in [1.54, 1.807) is 62.3 Å². The van der Waals surface area contributed by atoms with Crippen LogP contribution in [0.1, 0.15) is 154 Å². The van der Waals surface area contributed by atoms with Gasteiger partial charge in [-0.3, -0.25) is 14.4 Å². The maximum Gasteiger partial charge on any atom is 0.377 e. The van der Waals surface area contributed by atoms with Gasteiger partial charge in [-0.25, -0.2) is 28.8 Å². The van der Waals surface area contributed by atoms with Crippen LogP contribution in [0.3, 0.4) is 0 Å². The molecule has 0 aromatic rings. The van der Waals surface area contributed by atoms with E-state index in [1.165, 1.54) is 20.8 Å². The van der Waals surface area contributed by atoms with Gasteiger partial charge in [-0.2, -0.15) is 52.7 Å². The fourth-order valence-electron chi connectivity index (χ4n) is 5.37. The highest BCUT2D eigenvalue weighted by molar-refractivity contribution is 5.84. The summed E-state index contributed by atoms with van der Waals surface area (Å²) < 4.78 is 203. The molecule has 30 heteroatoms. The van der Waals surface area contributed by atoms with E-state index in [4.69, 9.17) is 14.2 Å². The zero-order valence-electron chi connectivity index (χ0n) is 46.8. The minimum absolute atomic E-state index is 0.397. The van der Waals surface area contributed by atoms with Crippen molar-refractivity contribution in [1.29, 1.82) is 0 Å². The Morgan fingerprint density at radius 3 is 0.850 bits per heavy atom. The first-order valence-corrected chi connectivity index (χ1v) is 25.2. The van der Waals surface area contributed by atoms with Gasteiger partial charge >= 0.3 is 89.3 Å². The van der Waals surface area contributed by atoms with Crippen molar-refractivity contribution in [3.63, 3.8) is 0 Å². The SMILES string of the molecule is CCC(C)(C)C(=O)OCCOC(=O)C(F)(F)CC(F)(F)C(=O)OC(C)C.CCC(C)(C)C(=O)OCCOC(=O)C(F)(F)CC(F)(F)C(=O)OC1CCCCC1.CCOC(=O)C(F)(F)CC(F)(F)C(=O)OCCOC(=O)C(C)(C)CC.